The first-order valence-corrected chi connectivity index (χ1v) is 8.11. The predicted molar refractivity (Wildman–Crippen MR) is 92.2 cm³/mol. The third-order valence-corrected chi connectivity index (χ3v) is 4.38. The zero-order valence-electron chi connectivity index (χ0n) is 11.4. The molecule has 108 valence electrons. The molecular formula is C16H13ClFIN2. The van der Waals surface area contributed by atoms with Gasteiger partial charge in [-0.2, -0.15) is 0 Å². The minimum atomic E-state index is -0.234. The highest BCUT2D eigenvalue weighted by Crippen LogP contribution is 2.27. The molecule has 0 N–H and O–H groups in total. The Balaban J connectivity index is 2.18. The number of benzene rings is 2. The number of alkyl halides is 1. The van der Waals surface area contributed by atoms with Crippen LogP contribution in [0.1, 0.15) is 23.7 Å². The van der Waals surface area contributed by atoms with Gasteiger partial charge in [0.1, 0.15) is 11.6 Å². The van der Waals surface area contributed by atoms with Crippen LogP contribution in [0.2, 0.25) is 0 Å². The first kappa shape index (κ1) is 14.8. The molecule has 0 aliphatic carbocycles. The molecule has 0 aliphatic rings. The minimum absolute atomic E-state index is 0.230. The molecular weight excluding hydrogens is 402 g/mol. The second kappa shape index (κ2) is 5.93. The largest absolute Gasteiger partial charge is 0.322 e. The summed E-state index contributed by atoms with van der Waals surface area (Å²) in [7, 11) is 0. The van der Waals surface area contributed by atoms with E-state index in [1.807, 2.05) is 64.4 Å². The van der Waals surface area contributed by atoms with Gasteiger partial charge in [0.15, 0.2) is 0 Å². The molecule has 1 aromatic heterocycles. The lowest BCUT2D eigenvalue weighted by atomic mass is 10.2. The van der Waals surface area contributed by atoms with Gasteiger partial charge in [-0.05, 0) is 41.1 Å². The van der Waals surface area contributed by atoms with Crippen LogP contribution >= 0.6 is 34.2 Å². The molecule has 0 spiro atoms. The summed E-state index contributed by atoms with van der Waals surface area (Å²) in [6, 6.07) is 13.3. The summed E-state index contributed by atoms with van der Waals surface area (Å²) in [6.07, 6.45) is 0. The van der Waals surface area contributed by atoms with Crippen LogP contribution in [0.5, 0.6) is 0 Å². The molecule has 0 bridgehead atoms. The number of imidazole rings is 1. The van der Waals surface area contributed by atoms with Crippen molar-refractivity contribution in [2.45, 2.75) is 18.8 Å². The molecule has 1 heterocycles. The van der Waals surface area contributed by atoms with Crippen molar-refractivity contribution >= 4 is 45.2 Å². The average Bonchev–Trinajstić information content (AvgIpc) is 2.79. The van der Waals surface area contributed by atoms with Crippen LogP contribution in [0.4, 0.5) is 4.39 Å². The fraction of sp³-hybridized carbons (Fsp3) is 0.188. The van der Waals surface area contributed by atoms with E-state index >= 15 is 0 Å². The summed E-state index contributed by atoms with van der Waals surface area (Å²) in [6.45, 7) is 2.51. The molecule has 0 saturated carbocycles. The zero-order chi connectivity index (χ0) is 15.0. The number of aromatic nitrogens is 2. The first-order chi connectivity index (χ1) is 10.1. The van der Waals surface area contributed by atoms with Gasteiger partial charge in [-0.15, -0.1) is 11.6 Å². The number of hydrogen-bond acceptors (Lipinski definition) is 1. The van der Waals surface area contributed by atoms with Crippen molar-refractivity contribution < 1.29 is 4.39 Å². The van der Waals surface area contributed by atoms with Crippen molar-refractivity contribution in [3.8, 4) is 0 Å². The standard InChI is InChI=1S/C16H13ClFIN2/c1-10(17)16-20-14-8-13(19)12(18)7-15(14)21(16)9-11-5-3-2-4-6-11/h2-8,10H,9H2,1H3. The molecule has 1 atom stereocenters. The molecule has 0 aliphatic heterocycles. The third-order valence-electron chi connectivity index (χ3n) is 3.36. The third kappa shape index (κ3) is 2.92. The maximum absolute atomic E-state index is 13.9. The molecule has 2 aromatic carbocycles. The lowest BCUT2D eigenvalue weighted by Crippen LogP contribution is -2.05. The molecule has 0 saturated heterocycles. The molecule has 3 aromatic rings. The van der Waals surface area contributed by atoms with Crippen LogP contribution < -0.4 is 0 Å². The molecule has 3 rings (SSSR count). The van der Waals surface area contributed by atoms with Crippen molar-refractivity contribution in [3.05, 3.63) is 63.2 Å². The van der Waals surface area contributed by atoms with E-state index in [1.165, 1.54) is 6.07 Å². The van der Waals surface area contributed by atoms with Crippen molar-refractivity contribution in [1.82, 2.24) is 9.55 Å². The summed E-state index contributed by atoms with van der Waals surface area (Å²) in [4.78, 5) is 4.57. The highest BCUT2D eigenvalue weighted by molar-refractivity contribution is 14.1. The van der Waals surface area contributed by atoms with E-state index in [-0.39, 0.29) is 11.2 Å². The first-order valence-electron chi connectivity index (χ1n) is 6.59. The Morgan fingerprint density at radius 1 is 1.29 bits per heavy atom. The van der Waals surface area contributed by atoms with E-state index in [0.29, 0.717) is 10.1 Å². The second-order valence-electron chi connectivity index (χ2n) is 4.91. The maximum Gasteiger partial charge on any atom is 0.138 e. The highest BCUT2D eigenvalue weighted by Gasteiger charge is 2.17. The van der Waals surface area contributed by atoms with Crippen LogP contribution in [0.25, 0.3) is 11.0 Å². The quantitative estimate of drug-likeness (QED) is 0.429. The Bertz CT molecular complexity index is 784. The minimum Gasteiger partial charge on any atom is -0.322 e. The fourth-order valence-corrected chi connectivity index (χ4v) is 2.99. The van der Waals surface area contributed by atoms with Gasteiger partial charge in [0.25, 0.3) is 0 Å². The predicted octanol–water partition coefficient (Wildman–Crippen LogP) is 5.13. The van der Waals surface area contributed by atoms with Crippen molar-refractivity contribution in [2.75, 3.05) is 0 Å². The summed E-state index contributed by atoms with van der Waals surface area (Å²) >= 11 is 8.22. The van der Waals surface area contributed by atoms with Gasteiger partial charge in [0.05, 0.1) is 20.0 Å². The maximum atomic E-state index is 13.9. The summed E-state index contributed by atoms with van der Waals surface area (Å²) in [5.41, 5.74) is 2.69. The number of hydrogen-bond donors (Lipinski definition) is 0. The monoisotopic (exact) mass is 414 g/mol. The van der Waals surface area contributed by atoms with Crippen LogP contribution in [0, 0.1) is 9.39 Å². The molecule has 0 radical (unpaired) electrons. The Morgan fingerprint density at radius 3 is 2.67 bits per heavy atom. The number of fused-ring (bicyclic) bond motifs is 1. The van der Waals surface area contributed by atoms with Crippen LogP contribution in [0.3, 0.4) is 0 Å². The van der Waals surface area contributed by atoms with Gasteiger partial charge >= 0.3 is 0 Å². The zero-order valence-corrected chi connectivity index (χ0v) is 14.3. The summed E-state index contributed by atoms with van der Waals surface area (Å²) < 4.78 is 16.5. The SMILES string of the molecule is CC(Cl)c1nc2cc(I)c(F)cc2n1Cc1ccccc1. The van der Waals surface area contributed by atoms with Gasteiger partial charge in [0, 0.05) is 12.6 Å². The molecule has 2 nitrogen and oxygen atoms in total. The van der Waals surface area contributed by atoms with E-state index in [9.17, 15) is 4.39 Å². The van der Waals surface area contributed by atoms with E-state index in [2.05, 4.69) is 4.98 Å². The van der Waals surface area contributed by atoms with Gasteiger partial charge in [0.2, 0.25) is 0 Å². The molecule has 1 unspecified atom stereocenters. The van der Waals surface area contributed by atoms with E-state index < -0.39 is 0 Å². The van der Waals surface area contributed by atoms with E-state index in [1.54, 1.807) is 6.07 Å². The number of rotatable bonds is 3. The smallest absolute Gasteiger partial charge is 0.138 e. The van der Waals surface area contributed by atoms with E-state index in [0.717, 1.165) is 22.4 Å². The average molecular weight is 415 g/mol. The normalized spacial score (nSPS) is 12.8. The van der Waals surface area contributed by atoms with Crippen LogP contribution in [-0.2, 0) is 6.54 Å². The van der Waals surface area contributed by atoms with Gasteiger partial charge in [-0.3, -0.25) is 0 Å². The Kier molecular flexibility index (Phi) is 4.17. The molecule has 21 heavy (non-hydrogen) atoms. The molecule has 5 heteroatoms. The Labute approximate surface area is 141 Å². The van der Waals surface area contributed by atoms with Crippen LogP contribution in [-0.4, -0.2) is 9.55 Å². The second-order valence-corrected chi connectivity index (χ2v) is 6.73. The summed E-state index contributed by atoms with van der Waals surface area (Å²) in [5, 5.41) is -0.234. The topological polar surface area (TPSA) is 17.8 Å². The van der Waals surface area contributed by atoms with Crippen molar-refractivity contribution in [2.24, 2.45) is 0 Å². The lowest BCUT2D eigenvalue weighted by Gasteiger charge is -2.10. The molecule has 0 fully saturated rings. The lowest BCUT2D eigenvalue weighted by molar-refractivity contribution is 0.620. The van der Waals surface area contributed by atoms with Crippen molar-refractivity contribution in [1.29, 1.82) is 0 Å². The number of nitrogens with zero attached hydrogens (tertiary/aromatic N) is 2. The van der Waals surface area contributed by atoms with E-state index in [4.69, 9.17) is 11.6 Å². The van der Waals surface area contributed by atoms with Gasteiger partial charge in [-0.1, -0.05) is 30.3 Å². The Hall–Kier alpha value is -1.14. The van der Waals surface area contributed by atoms with Gasteiger partial charge in [-0.25, -0.2) is 9.37 Å². The summed E-state index contributed by atoms with van der Waals surface area (Å²) in [5.74, 6) is 0.531. The molecule has 0 amide bonds. The highest BCUT2D eigenvalue weighted by atomic mass is 127. The number of halogens is 3. The fourth-order valence-electron chi connectivity index (χ4n) is 2.37. The Morgan fingerprint density at radius 2 is 2.00 bits per heavy atom. The van der Waals surface area contributed by atoms with Gasteiger partial charge < -0.3 is 4.57 Å². The van der Waals surface area contributed by atoms with Crippen molar-refractivity contribution in [3.63, 3.8) is 0 Å². The van der Waals surface area contributed by atoms with Crippen LogP contribution in [0.15, 0.2) is 42.5 Å².